The van der Waals surface area contributed by atoms with E-state index in [1.54, 1.807) is 6.20 Å². The van der Waals surface area contributed by atoms with Gasteiger partial charge in [0.25, 0.3) is 0 Å². The van der Waals surface area contributed by atoms with E-state index >= 15 is 0 Å². The minimum Gasteiger partial charge on any atom is -0.308 e. The molecule has 0 aliphatic carbocycles. The lowest BCUT2D eigenvalue weighted by Crippen LogP contribution is -2.25. The van der Waals surface area contributed by atoms with Gasteiger partial charge in [0.15, 0.2) is 0 Å². The van der Waals surface area contributed by atoms with Gasteiger partial charge in [0.05, 0.1) is 16.8 Å². The van der Waals surface area contributed by atoms with Gasteiger partial charge in [-0.3, -0.25) is 4.98 Å². The van der Waals surface area contributed by atoms with Crippen molar-refractivity contribution in [3.63, 3.8) is 0 Å². The Morgan fingerprint density at radius 2 is 2.05 bits per heavy atom. The number of rotatable bonds is 6. The Morgan fingerprint density at radius 3 is 2.75 bits per heavy atom. The molecule has 1 N–H and O–H groups in total. The molecule has 0 saturated heterocycles. The second-order valence-electron chi connectivity index (χ2n) is 4.67. The quantitative estimate of drug-likeness (QED) is 0.808. The van der Waals surface area contributed by atoms with Gasteiger partial charge in [0, 0.05) is 10.7 Å². The second-order valence-corrected chi connectivity index (χ2v) is 5.93. The zero-order valence-corrected chi connectivity index (χ0v) is 13.8. The van der Waals surface area contributed by atoms with E-state index in [4.69, 9.17) is 11.6 Å². The summed E-state index contributed by atoms with van der Waals surface area (Å²) in [6.07, 6.45) is 3.73. The van der Waals surface area contributed by atoms with Crippen LogP contribution in [0.5, 0.6) is 0 Å². The van der Waals surface area contributed by atoms with Crippen molar-refractivity contribution in [2.45, 2.75) is 25.8 Å². The summed E-state index contributed by atoms with van der Waals surface area (Å²) in [5.74, 6) is 0. The topological polar surface area (TPSA) is 24.9 Å². The van der Waals surface area contributed by atoms with E-state index in [1.165, 1.54) is 5.56 Å². The first-order chi connectivity index (χ1) is 9.72. The number of nitrogens with one attached hydrogen (secondary N) is 1. The number of aromatic nitrogens is 1. The Morgan fingerprint density at radius 1 is 1.25 bits per heavy atom. The third kappa shape index (κ3) is 4.05. The number of halogens is 2. The van der Waals surface area contributed by atoms with E-state index in [-0.39, 0.29) is 6.04 Å². The maximum atomic E-state index is 6.29. The molecule has 1 atom stereocenters. The Kier molecular flexibility index (Phi) is 6.02. The summed E-state index contributed by atoms with van der Waals surface area (Å²) < 4.78 is 1.12. The first kappa shape index (κ1) is 15.5. The normalized spacial score (nSPS) is 12.3. The van der Waals surface area contributed by atoms with Crippen LogP contribution < -0.4 is 5.32 Å². The predicted octanol–water partition coefficient (Wildman–Crippen LogP) is 4.78. The highest BCUT2D eigenvalue weighted by molar-refractivity contribution is 9.10. The Labute approximate surface area is 133 Å². The summed E-state index contributed by atoms with van der Waals surface area (Å²) in [6, 6.07) is 12.1. The number of benzene rings is 1. The molecule has 1 aromatic heterocycles. The van der Waals surface area contributed by atoms with Crippen LogP contribution in [0.25, 0.3) is 0 Å². The molecule has 1 heterocycles. The van der Waals surface area contributed by atoms with Crippen molar-refractivity contribution in [2.75, 3.05) is 6.54 Å². The minimum absolute atomic E-state index is 0.127. The van der Waals surface area contributed by atoms with E-state index in [0.29, 0.717) is 5.02 Å². The predicted molar refractivity (Wildman–Crippen MR) is 88.1 cm³/mol. The molecule has 2 rings (SSSR count). The lowest BCUT2D eigenvalue weighted by atomic mass is 10.0. The molecule has 2 aromatic rings. The third-order valence-corrected chi connectivity index (χ3v) is 4.23. The van der Waals surface area contributed by atoms with Crippen molar-refractivity contribution in [1.82, 2.24) is 10.3 Å². The van der Waals surface area contributed by atoms with E-state index in [9.17, 15) is 0 Å². The van der Waals surface area contributed by atoms with Gasteiger partial charge in [-0.05, 0) is 43.1 Å². The number of nitrogens with zero attached hydrogens (tertiary/aromatic N) is 1. The van der Waals surface area contributed by atoms with Crippen LogP contribution in [-0.2, 0) is 6.42 Å². The average molecular weight is 354 g/mol. The van der Waals surface area contributed by atoms with E-state index < -0.39 is 0 Å². The van der Waals surface area contributed by atoms with Crippen LogP contribution in [0.2, 0.25) is 5.02 Å². The number of hydrogen-bond donors (Lipinski definition) is 1. The molecule has 1 aromatic carbocycles. The molecule has 0 radical (unpaired) electrons. The van der Waals surface area contributed by atoms with E-state index in [0.717, 1.165) is 29.6 Å². The first-order valence-corrected chi connectivity index (χ1v) is 7.96. The molecule has 0 amide bonds. The third-order valence-electron chi connectivity index (χ3n) is 3.14. The standard InChI is InChI=1S/C16H18BrClN2/c1-2-9-19-15(16-14(18)8-5-10-20-16)11-12-6-3-4-7-13(12)17/h3-8,10,15,19H,2,9,11H2,1H3. The smallest absolute Gasteiger partial charge is 0.0762 e. The molecule has 1 unspecified atom stereocenters. The maximum absolute atomic E-state index is 6.29. The number of hydrogen-bond acceptors (Lipinski definition) is 2. The van der Waals surface area contributed by atoms with Crippen LogP contribution >= 0.6 is 27.5 Å². The Balaban J connectivity index is 2.24. The van der Waals surface area contributed by atoms with Crippen molar-refractivity contribution < 1.29 is 0 Å². The summed E-state index contributed by atoms with van der Waals surface area (Å²) >= 11 is 9.89. The van der Waals surface area contributed by atoms with Crippen LogP contribution in [0.1, 0.15) is 30.6 Å². The molecule has 20 heavy (non-hydrogen) atoms. The first-order valence-electron chi connectivity index (χ1n) is 6.79. The molecule has 0 spiro atoms. The molecule has 4 heteroatoms. The molecule has 106 valence electrons. The molecule has 2 nitrogen and oxygen atoms in total. The summed E-state index contributed by atoms with van der Waals surface area (Å²) in [6.45, 7) is 3.10. The van der Waals surface area contributed by atoms with E-state index in [2.05, 4.69) is 51.4 Å². The van der Waals surface area contributed by atoms with Crippen LogP contribution in [0.3, 0.4) is 0 Å². The SMILES string of the molecule is CCCNC(Cc1ccccc1Br)c1ncccc1Cl. The monoisotopic (exact) mass is 352 g/mol. The van der Waals surface area contributed by atoms with Gasteiger partial charge in [-0.1, -0.05) is 52.7 Å². The maximum Gasteiger partial charge on any atom is 0.0762 e. The molecule has 0 bridgehead atoms. The lowest BCUT2D eigenvalue weighted by Gasteiger charge is -2.19. The Bertz CT molecular complexity index is 560. The zero-order chi connectivity index (χ0) is 14.4. The summed E-state index contributed by atoms with van der Waals surface area (Å²) in [7, 11) is 0. The second kappa shape index (κ2) is 7.77. The van der Waals surface area contributed by atoms with Gasteiger partial charge in [0.1, 0.15) is 0 Å². The fourth-order valence-corrected chi connectivity index (χ4v) is 2.82. The van der Waals surface area contributed by atoms with Crippen LogP contribution in [0.4, 0.5) is 0 Å². The molecular formula is C16H18BrClN2. The zero-order valence-electron chi connectivity index (χ0n) is 11.4. The summed E-state index contributed by atoms with van der Waals surface area (Å²) in [5.41, 5.74) is 2.17. The van der Waals surface area contributed by atoms with E-state index in [1.807, 2.05) is 18.2 Å². The molecule has 0 aliphatic rings. The summed E-state index contributed by atoms with van der Waals surface area (Å²) in [4.78, 5) is 4.45. The van der Waals surface area contributed by atoms with Gasteiger partial charge in [0.2, 0.25) is 0 Å². The minimum atomic E-state index is 0.127. The fourth-order valence-electron chi connectivity index (χ4n) is 2.12. The molecule has 0 saturated carbocycles. The molecule has 0 aliphatic heterocycles. The van der Waals surface area contributed by atoms with Crippen LogP contribution in [-0.4, -0.2) is 11.5 Å². The van der Waals surface area contributed by atoms with Gasteiger partial charge in [-0.2, -0.15) is 0 Å². The highest BCUT2D eigenvalue weighted by Gasteiger charge is 2.17. The lowest BCUT2D eigenvalue weighted by molar-refractivity contribution is 0.517. The Hall–Kier alpha value is -0.900. The van der Waals surface area contributed by atoms with Gasteiger partial charge >= 0.3 is 0 Å². The van der Waals surface area contributed by atoms with Crippen LogP contribution in [0, 0.1) is 0 Å². The van der Waals surface area contributed by atoms with Gasteiger partial charge in [-0.25, -0.2) is 0 Å². The highest BCUT2D eigenvalue weighted by atomic mass is 79.9. The molecular weight excluding hydrogens is 336 g/mol. The number of pyridine rings is 1. The highest BCUT2D eigenvalue weighted by Crippen LogP contribution is 2.26. The van der Waals surface area contributed by atoms with Crippen molar-refractivity contribution in [3.05, 3.63) is 63.3 Å². The van der Waals surface area contributed by atoms with Gasteiger partial charge < -0.3 is 5.32 Å². The largest absolute Gasteiger partial charge is 0.308 e. The van der Waals surface area contributed by atoms with Crippen molar-refractivity contribution in [1.29, 1.82) is 0 Å². The van der Waals surface area contributed by atoms with Crippen molar-refractivity contribution in [3.8, 4) is 0 Å². The summed E-state index contributed by atoms with van der Waals surface area (Å²) in [5, 5.41) is 4.25. The van der Waals surface area contributed by atoms with Crippen molar-refractivity contribution in [2.24, 2.45) is 0 Å². The van der Waals surface area contributed by atoms with Crippen molar-refractivity contribution >= 4 is 27.5 Å². The average Bonchev–Trinajstić information content (AvgIpc) is 2.46. The van der Waals surface area contributed by atoms with Crippen LogP contribution in [0.15, 0.2) is 47.1 Å². The fraction of sp³-hybridized carbons (Fsp3) is 0.312. The van der Waals surface area contributed by atoms with Gasteiger partial charge in [-0.15, -0.1) is 0 Å². The molecule has 0 fully saturated rings.